The first-order valence-electron chi connectivity index (χ1n) is 4.56. The molecule has 1 saturated heterocycles. The molecule has 0 amide bonds. The second kappa shape index (κ2) is 2.73. The van der Waals surface area contributed by atoms with Crippen molar-refractivity contribution in [2.45, 2.75) is 43.8 Å². The first-order valence-corrected chi connectivity index (χ1v) is 4.56. The number of carbonyl (C=O) groups is 1. The molecule has 0 aromatic rings. The molecule has 3 heteroatoms. The van der Waals surface area contributed by atoms with E-state index in [1.165, 1.54) is 20.0 Å². The number of epoxide rings is 1. The third-order valence-corrected chi connectivity index (χ3v) is 2.86. The standard InChI is InChI=1S/C9H14O3/c1-11-8(10)9-6-4-2-3-5-7(9)12-9/h7H,2-6H2,1H3. The second-order valence-corrected chi connectivity index (χ2v) is 3.59. The maximum Gasteiger partial charge on any atom is 0.340 e. The monoisotopic (exact) mass is 170 g/mol. The summed E-state index contributed by atoms with van der Waals surface area (Å²) in [5.41, 5.74) is -0.523. The molecule has 1 aliphatic heterocycles. The van der Waals surface area contributed by atoms with Gasteiger partial charge in [0.05, 0.1) is 13.2 Å². The molecule has 0 N–H and O–H groups in total. The molecule has 3 nitrogen and oxygen atoms in total. The Morgan fingerprint density at radius 3 is 3.08 bits per heavy atom. The van der Waals surface area contributed by atoms with Gasteiger partial charge in [-0.15, -0.1) is 0 Å². The molecule has 12 heavy (non-hydrogen) atoms. The fourth-order valence-electron chi connectivity index (χ4n) is 2.08. The molecule has 2 atom stereocenters. The van der Waals surface area contributed by atoms with Crippen molar-refractivity contribution >= 4 is 5.97 Å². The van der Waals surface area contributed by atoms with E-state index in [4.69, 9.17) is 9.47 Å². The zero-order chi connectivity index (χ0) is 8.60. The third kappa shape index (κ3) is 1.04. The van der Waals surface area contributed by atoms with Crippen molar-refractivity contribution in [3.05, 3.63) is 0 Å². The van der Waals surface area contributed by atoms with E-state index >= 15 is 0 Å². The molecule has 0 spiro atoms. The van der Waals surface area contributed by atoms with E-state index in [1.807, 2.05) is 0 Å². The predicted octanol–water partition coefficient (Wildman–Crippen LogP) is 1.26. The molecule has 0 bridgehead atoms. The van der Waals surface area contributed by atoms with E-state index in [0.29, 0.717) is 0 Å². The van der Waals surface area contributed by atoms with Crippen LogP contribution in [0.5, 0.6) is 0 Å². The number of methoxy groups -OCH3 is 1. The van der Waals surface area contributed by atoms with Crippen LogP contribution in [0.3, 0.4) is 0 Å². The lowest BCUT2D eigenvalue weighted by Gasteiger charge is -2.07. The summed E-state index contributed by atoms with van der Waals surface area (Å²) in [5, 5.41) is 0. The number of esters is 1. The van der Waals surface area contributed by atoms with Gasteiger partial charge in [-0.3, -0.25) is 0 Å². The number of rotatable bonds is 1. The van der Waals surface area contributed by atoms with Crippen LogP contribution >= 0.6 is 0 Å². The van der Waals surface area contributed by atoms with Crippen LogP contribution in [0.2, 0.25) is 0 Å². The Bertz CT molecular complexity index is 202. The van der Waals surface area contributed by atoms with Crippen molar-refractivity contribution in [1.82, 2.24) is 0 Å². The summed E-state index contributed by atoms with van der Waals surface area (Å²) >= 11 is 0. The Hall–Kier alpha value is -0.570. The summed E-state index contributed by atoms with van der Waals surface area (Å²) in [7, 11) is 1.43. The Balaban J connectivity index is 2.06. The van der Waals surface area contributed by atoms with Gasteiger partial charge in [0.1, 0.15) is 0 Å². The van der Waals surface area contributed by atoms with Crippen molar-refractivity contribution in [2.24, 2.45) is 0 Å². The summed E-state index contributed by atoms with van der Waals surface area (Å²) < 4.78 is 10.1. The summed E-state index contributed by atoms with van der Waals surface area (Å²) in [6.07, 6.45) is 5.53. The molecule has 0 aromatic heterocycles. The van der Waals surface area contributed by atoms with Gasteiger partial charge in [0.25, 0.3) is 0 Å². The average molecular weight is 170 g/mol. The Kier molecular flexibility index (Phi) is 1.83. The highest BCUT2D eigenvalue weighted by atomic mass is 16.7. The van der Waals surface area contributed by atoms with Gasteiger partial charge in [-0.25, -0.2) is 4.79 Å². The summed E-state index contributed by atoms with van der Waals surface area (Å²) in [6, 6.07) is 0. The van der Waals surface area contributed by atoms with Crippen LogP contribution in [-0.2, 0) is 14.3 Å². The number of hydrogen-bond acceptors (Lipinski definition) is 3. The summed E-state index contributed by atoms with van der Waals surface area (Å²) in [4.78, 5) is 11.3. The number of fused-ring (bicyclic) bond motifs is 1. The van der Waals surface area contributed by atoms with Crippen LogP contribution in [0.1, 0.15) is 32.1 Å². The van der Waals surface area contributed by atoms with Crippen LogP contribution in [-0.4, -0.2) is 24.8 Å². The molecule has 2 unspecified atom stereocenters. The number of ether oxygens (including phenoxy) is 2. The maximum atomic E-state index is 11.3. The van der Waals surface area contributed by atoms with E-state index in [-0.39, 0.29) is 12.1 Å². The van der Waals surface area contributed by atoms with E-state index in [2.05, 4.69) is 0 Å². The highest BCUT2D eigenvalue weighted by Crippen LogP contribution is 2.47. The molecule has 0 aromatic carbocycles. The van der Waals surface area contributed by atoms with Crippen LogP contribution < -0.4 is 0 Å². The van der Waals surface area contributed by atoms with Gasteiger partial charge in [0.15, 0.2) is 5.60 Å². The summed E-state index contributed by atoms with van der Waals surface area (Å²) in [6.45, 7) is 0. The molecular weight excluding hydrogens is 156 g/mol. The molecular formula is C9H14O3. The molecule has 1 aliphatic carbocycles. The minimum Gasteiger partial charge on any atom is -0.467 e. The molecule has 1 heterocycles. The van der Waals surface area contributed by atoms with Gasteiger partial charge in [-0.1, -0.05) is 12.8 Å². The lowest BCUT2D eigenvalue weighted by Crippen LogP contribution is -2.28. The highest BCUT2D eigenvalue weighted by Gasteiger charge is 2.62. The second-order valence-electron chi connectivity index (χ2n) is 3.59. The van der Waals surface area contributed by atoms with Gasteiger partial charge in [0, 0.05) is 0 Å². The van der Waals surface area contributed by atoms with Gasteiger partial charge in [-0.2, -0.15) is 0 Å². The average Bonchev–Trinajstić information content (AvgIpc) is 2.76. The van der Waals surface area contributed by atoms with Crippen molar-refractivity contribution in [3.8, 4) is 0 Å². The largest absolute Gasteiger partial charge is 0.467 e. The first-order chi connectivity index (χ1) is 5.79. The van der Waals surface area contributed by atoms with Crippen LogP contribution in [0.15, 0.2) is 0 Å². The number of hydrogen-bond donors (Lipinski definition) is 0. The lowest BCUT2D eigenvalue weighted by molar-refractivity contribution is -0.147. The SMILES string of the molecule is COC(=O)C12CCCCCC1O2. The minimum absolute atomic E-state index is 0.160. The molecule has 1 saturated carbocycles. The van der Waals surface area contributed by atoms with Gasteiger partial charge in [0.2, 0.25) is 0 Å². The highest BCUT2D eigenvalue weighted by molar-refractivity contribution is 5.83. The van der Waals surface area contributed by atoms with Gasteiger partial charge in [-0.05, 0) is 19.3 Å². The van der Waals surface area contributed by atoms with Crippen molar-refractivity contribution in [3.63, 3.8) is 0 Å². The van der Waals surface area contributed by atoms with Crippen molar-refractivity contribution in [2.75, 3.05) is 7.11 Å². The fourth-order valence-corrected chi connectivity index (χ4v) is 2.08. The molecule has 0 radical (unpaired) electrons. The van der Waals surface area contributed by atoms with E-state index in [1.54, 1.807) is 0 Å². The quantitative estimate of drug-likeness (QED) is 0.439. The molecule has 68 valence electrons. The van der Waals surface area contributed by atoms with E-state index in [9.17, 15) is 4.79 Å². The van der Waals surface area contributed by atoms with Crippen molar-refractivity contribution < 1.29 is 14.3 Å². The Morgan fingerprint density at radius 2 is 2.33 bits per heavy atom. The maximum absolute atomic E-state index is 11.3. The normalized spacial score (nSPS) is 39.6. The van der Waals surface area contributed by atoms with Crippen molar-refractivity contribution in [1.29, 1.82) is 0 Å². The van der Waals surface area contributed by atoms with E-state index < -0.39 is 5.60 Å². The number of carbonyl (C=O) groups excluding carboxylic acids is 1. The van der Waals surface area contributed by atoms with Gasteiger partial charge >= 0.3 is 5.97 Å². The van der Waals surface area contributed by atoms with Crippen LogP contribution in [0.4, 0.5) is 0 Å². The van der Waals surface area contributed by atoms with Crippen LogP contribution in [0, 0.1) is 0 Å². The lowest BCUT2D eigenvalue weighted by atomic mass is 10.0. The Labute approximate surface area is 72.0 Å². The topological polar surface area (TPSA) is 38.8 Å². The predicted molar refractivity (Wildman–Crippen MR) is 42.7 cm³/mol. The molecule has 2 fully saturated rings. The third-order valence-electron chi connectivity index (χ3n) is 2.86. The smallest absolute Gasteiger partial charge is 0.340 e. The van der Waals surface area contributed by atoms with E-state index in [0.717, 1.165) is 19.3 Å². The van der Waals surface area contributed by atoms with Crippen LogP contribution in [0.25, 0.3) is 0 Å². The summed E-state index contributed by atoms with van der Waals surface area (Å²) in [5.74, 6) is -0.172. The molecule has 2 aliphatic rings. The molecule has 2 rings (SSSR count). The minimum atomic E-state index is -0.523. The Morgan fingerprint density at radius 1 is 1.50 bits per heavy atom. The zero-order valence-electron chi connectivity index (χ0n) is 7.34. The van der Waals surface area contributed by atoms with Gasteiger partial charge < -0.3 is 9.47 Å². The first kappa shape index (κ1) is 8.05. The zero-order valence-corrected chi connectivity index (χ0v) is 7.34. The fraction of sp³-hybridized carbons (Fsp3) is 0.889.